The van der Waals surface area contributed by atoms with Gasteiger partial charge in [-0.15, -0.1) is 0 Å². The molecule has 0 fully saturated rings. The monoisotopic (exact) mass is 269 g/mol. The predicted molar refractivity (Wildman–Crippen MR) is 61.0 cm³/mol. The van der Waals surface area contributed by atoms with Gasteiger partial charge in [0.05, 0.1) is 6.54 Å². The highest BCUT2D eigenvalue weighted by molar-refractivity contribution is 8.10. The number of hydrogen-bond donors (Lipinski definition) is 0. The minimum absolute atomic E-state index is 0.177. The first kappa shape index (κ1) is 13.4. The zero-order chi connectivity index (χ0) is 12.4. The van der Waals surface area contributed by atoms with Crippen molar-refractivity contribution in [3.05, 3.63) is 0 Å². The van der Waals surface area contributed by atoms with E-state index in [9.17, 15) is 16.8 Å². The Hall–Kier alpha value is -0.630. The lowest BCUT2D eigenvalue weighted by Crippen LogP contribution is -2.40. The fourth-order valence-electron chi connectivity index (χ4n) is 1.33. The van der Waals surface area contributed by atoms with Crippen LogP contribution in [0.1, 0.15) is 13.8 Å². The van der Waals surface area contributed by atoms with Crippen molar-refractivity contribution in [3.8, 4) is 0 Å². The van der Waals surface area contributed by atoms with E-state index in [0.717, 1.165) is 0 Å². The van der Waals surface area contributed by atoms with Gasteiger partial charge in [-0.25, -0.2) is 16.8 Å². The highest BCUT2D eigenvalue weighted by Gasteiger charge is 2.42. The smallest absolute Gasteiger partial charge is 0.237 e. The van der Waals surface area contributed by atoms with Gasteiger partial charge in [0.2, 0.25) is 10.5 Å². The summed E-state index contributed by atoms with van der Waals surface area (Å²) in [6.07, 6.45) is 0. The van der Waals surface area contributed by atoms with Crippen molar-refractivity contribution < 1.29 is 21.6 Å². The van der Waals surface area contributed by atoms with Gasteiger partial charge < -0.3 is 4.74 Å². The van der Waals surface area contributed by atoms with Crippen molar-refractivity contribution in [2.45, 2.75) is 18.4 Å². The van der Waals surface area contributed by atoms with E-state index in [1.165, 1.54) is 13.8 Å². The Bertz CT molecular complexity index is 443. The summed E-state index contributed by atoms with van der Waals surface area (Å²) in [5.41, 5.74) is 0. The number of sulfone groups is 2. The molecule has 0 N–H and O–H groups in total. The summed E-state index contributed by atoms with van der Waals surface area (Å²) in [5, 5.41) is 0. The molecule has 0 radical (unpaired) electrons. The van der Waals surface area contributed by atoms with Crippen LogP contribution in [-0.4, -0.2) is 52.0 Å². The molecule has 94 valence electrons. The van der Waals surface area contributed by atoms with Crippen LogP contribution < -0.4 is 0 Å². The summed E-state index contributed by atoms with van der Waals surface area (Å²) >= 11 is 0. The van der Waals surface area contributed by atoms with Crippen molar-refractivity contribution >= 4 is 25.6 Å². The SMILES string of the molecule is CCS(=O)(=O)C(C1=NCCO1)S(=O)(=O)CC. The summed E-state index contributed by atoms with van der Waals surface area (Å²) in [7, 11) is -7.51. The van der Waals surface area contributed by atoms with Gasteiger partial charge >= 0.3 is 0 Å². The molecule has 0 saturated heterocycles. The van der Waals surface area contributed by atoms with E-state index in [2.05, 4.69) is 4.99 Å². The largest absolute Gasteiger partial charge is 0.477 e. The summed E-state index contributed by atoms with van der Waals surface area (Å²) in [5.74, 6) is -0.679. The van der Waals surface area contributed by atoms with Crippen LogP contribution in [0.2, 0.25) is 0 Å². The third-order valence-corrected chi connectivity index (χ3v) is 7.34. The summed E-state index contributed by atoms with van der Waals surface area (Å²) < 4.78 is 50.4. The molecule has 0 bridgehead atoms. The molecular formula is C8H15NO5S2. The van der Waals surface area contributed by atoms with Crippen LogP contribution in [-0.2, 0) is 24.4 Å². The van der Waals surface area contributed by atoms with E-state index < -0.39 is 24.3 Å². The van der Waals surface area contributed by atoms with Gasteiger partial charge in [-0.3, -0.25) is 4.99 Å². The zero-order valence-corrected chi connectivity index (χ0v) is 10.8. The number of rotatable bonds is 5. The molecule has 0 saturated carbocycles. The molecule has 1 rings (SSSR count). The Morgan fingerprint density at radius 1 is 1.19 bits per heavy atom. The fraction of sp³-hybridized carbons (Fsp3) is 0.875. The molecule has 1 aliphatic heterocycles. The van der Waals surface area contributed by atoms with E-state index in [4.69, 9.17) is 4.74 Å². The minimum Gasteiger partial charge on any atom is -0.477 e. The number of ether oxygens (including phenoxy) is 1. The highest BCUT2D eigenvalue weighted by atomic mass is 32.3. The quantitative estimate of drug-likeness (QED) is 0.678. The average Bonchev–Trinajstić information content (AvgIpc) is 2.70. The van der Waals surface area contributed by atoms with Crippen molar-refractivity contribution in [3.63, 3.8) is 0 Å². The molecule has 0 aliphatic carbocycles. The van der Waals surface area contributed by atoms with Gasteiger partial charge in [0.25, 0.3) is 0 Å². The van der Waals surface area contributed by atoms with Crippen molar-refractivity contribution in [1.29, 1.82) is 0 Å². The van der Waals surface area contributed by atoms with Crippen LogP contribution in [0.15, 0.2) is 4.99 Å². The summed E-state index contributed by atoms with van der Waals surface area (Å²) in [4.78, 5) is 3.80. The maximum atomic E-state index is 11.8. The van der Waals surface area contributed by atoms with Crippen LogP contribution in [0.4, 0.5) is 0 Å². The summed E-state index contributed by atoms with van der Waals surface area (Å²) in [6.45, 7) is 3.36. The second-order valence-corrected chi connectivity index (χ2v) is 8.35. The van der Waals surface area contributed by atoms with Gasteiger partial charge in [0.15, 0.2) is 19.7 Å². The first-order valence-electron chi connectivity index (χ1n) is 4.95. The van der Waals surface area contributed by atoms with Gasteiger partial charge in [-0.05, 0) is 0 Å². The second kappa shape index (κ2) is 4.70. The zero-order valence-electron chi connectivity index (χ0n) is 9.21. The minimum atomic E-state index is -3.76. The topological polar surface area (TPSA) is 89.9 Å². The Morgan fingerprint density at radius 2 is 1.69 bits per heavy atom. The predicted octanol–water partition coefficient (Wildman–Crippen LogP) is -0.389. The molecule has 0 atom stereocenters. The van der Waals surface area contributed by atoms with Gasteiger partial charge in [0.1, 0.15) is 6.61 Å². The first-order valence-corrected chi connectivity index (χ1v) is 8.38. The molecular weight excluding hydrogens is 254 g/mol. The number of nitrogens with zero attached hydrogens (tertiary/aromatic N) is 1. The van der Waals surface area contributed by atoms with E-state index in [1.807, 2.05) is 0 Å². The van der Waals surface area contributed by atoms with Crippen molar-refractivity contribution in [2.75, 3.05) is 24.7 Å². The summed E-state index contributed by atoms with van der Waals surface area (Å²) in [6, 6.07) is 0. The molecule has 1 aliphatic rings. The molecule has 16 heavy (non-hydrogen) atoms. The maximum Gasteiger partial charge on any atom is 0.237 e. The van der Waals surface area contributed by atoms with Crippen LogP contribution in [0.3, 0.4) is 0 Å². The van der Waals surface area contributed by atoms with E-state index >= 15 is 0 Å². The highest BCUT2D eigenvalue weighted by Crippen LogP contribution is 2.17. The van der Waals surface area contributed by atoms with E-state index in [1.54, 1.807) is 0 Å². The normalized spacial score (nSPS) is 17.3. The maximum absolute atomic E-state index is 11.8. The van der Waals surface area contributed by atoms with Gasteiger partial charge in [-0.1, -0.05) is 13.8 Å². The van der Waals surface area contributed by atoms with Crippen LogP contribution in [0, 0.1) is 0 Å². The average molecular weight is 269 g/mol. The lowest BCUT2D eigenvalue weighted by molar-refractivity contribution is 0.342. The Kier molecular flexibility index (Phi) is 3.95. The standard InChI is InChI=1S/C8H15NO5S2/c1-3-15(10,11)8(16(12,13)4-2)7-9-5-6-14-7/h8H,3-6H2,1-2H3. The molecule has 0 amide bonds. The van der Waals surface area contributed by atoms with Crippen LogP contribution in [0.25, 0.3) is 0 Å². The van der Waals surface area contributed by atoms with E-state index in [0.29, 0.717) is 6.54 Å². The molecule has 1 heterocycles. The van der Waals surface area contributed by atoms with Gasteiger partial charge in [0, 0.05) is 11.5 Å². The molecule has 0 unspecified atom stereocenters. The number of aliphatic imine (C=N–C) groups is 1. The molecule has 8 heteroatoms. The number of hydrogen-bond acceptors (Lipinski definition) is 6. The Labute approximate surface area is 95.5 Å². The lowest BCUT2D eigenvalue weighted by Gasteiger charge is -2.15. The molecule has 0 aromatic rings. The molecule has 0 aromatic heterocycles. The Morgan fingerprint density at radius 3 is 2.00 bits per heavy atom. The third kappa shape index (κ3) is 2.54. The third-order valence-electron chi connectivity index (χ3n) is 2.27. The van der Waals surface area contributed by atoms with Gasteiger partial charge in [-0.2, -0.15) is 0 Å². The van der Waals surface area contributed by atoms with E-state index in [-0.39, 0.29) is 24.0 Å². The lowest BCUT2D eigenvalue weighted by atomic mass is 10.7. The molecule has 0 aromatic carbocycles. The second-order valence-electron chi connectivity index (χ2n) is 3.30. The van der Waals surface area contributed by atoms with Crippen molar-refractivity contribution in [1.82, 2.24) is 0 Å². The van der Waals surface area contributed by atoms with Crippen LogP contribution in [0.5, 0.6) is 0 Å². The fourth-order valence-corrected chi connectivity index (χ4v) is 5.44. The first-order chi connectivity index (χ1) is 7.35. The Balaban J connectivity index is 3.25. The molecule has 0 spiro atoms. The molecule has 6 nitrogen and oxygen atoms in total. The van der Waals surface area contributed by atoms with Crippen molar-refractivity contribution in [2.24, 2.45) is 4.99 Å². The van der Waals surface area contributed by atoms with Crippen LogP contribution >= 0.6 is 0 Å².